The monoisotopic (exact) mass is 509 g/mol. The van der Waals surface area contributed by atoms with Crippen LogP contribution in [-0.2, 0) is 11.3 Å². The van der Waals surface area contributed by atoms with Gasteiger partial charge >= 0.3 is 6.55 Å². The first-order chi connectivity index (χ1) is 13.0. The lowest BCUT2D eigenvalue weighted by atomic mass is 10.1. The summed E-state index contributed by atoms with van der Waals surface area (Å²) in [6.45, 7) is 0.535. The molecule has 0 aliphatic carbocycles. The van der Waals surface area contributed by atoms with Crippen LogP contribution in [0.3, 0.4) is 0 Å². The zero-order valence-corrected chi connectivity index (χ0v) is 17.9. The number of alkyl halides is 2. The Bertz CT molecular complexity index is 784. The van der Waals surface area contributed by atoms with Gasteiger partial charge in [0.15, 0.2) is 5.96 Å². The summed E-state index contributed by atoms with van der Waals surface area (Å²) in [5.41, 5.74) is 0.872. The second-order valence-corrected chi connectivity index (χ2v) is 6.32. The average molecular weight is 509 g/mol. The van der Waals surface area contributed by atoms with E-state index in [0.717, 1.165) is 10.1 Å². The fourth-order valence-corrected chi connectivity index (χ4v) is 3.13. The quantitative estimate of drug-likeness (QED) is 0.389. The SMILES string of the molecule is CN=C(NCc1nccn1C(F)F)N1CC(C)OC(c2ccc(F)cc2)C1.I. The van der Waals surface area contributed by atoms with E-state index in [1.54, 1.807) is 19.2 Å². The van der Waals surface area contributed by atoms with Crippen LogP contribution in [0.25, 0.3) is 0 Å². The summed E-state index contributed by atoms with van der Waals surface area (Å²) >= 11 is 0. The summed E-state index contributed by atoms with van der Waals surface area (Å²) in [6.07, 6.45) is 2.27. The van der Waals surface area contributed by atoms with Crippen LogP contribution in [0.1, 0.15) is 31.0 Å². The van der Waals surface area contributed by atoms with Gasteiger partial charge in [0.05, 0.1) is 19.2 Å². The molecule has 2 atom stereocenters. The number of aliphatic imine (C=N–C) groups is 1. The summed E-state index contributed by atoms with van der Waals surface area (Å²) < 4.78 is 45.9. The first-order valence-electron chi connectivity index (χ1n) is 8.64. The third-order valence-electron chi connectivity index (χ3n) is 4.38. The average Bonchev–Trinajstić information content (AvgIpc) is 3.11. The highest BCUT2D eigenvalue weighted by atomic mass is 127. The topological polar surface area (TPSA) is 54.7 Å². The first-order valence-corrected chi connectivity index (χ1v) is 8.64. The van der Waals surface area contributed by atoms with Crippen LogP contribution in [0.15, 0.2) is 41.7 Å². The Balaban J connectivity index is 0.00000280. The second kappa shape index (κ2) is 10.1. The molecule has 28 heavy (non-hydrogen) atoms. The molecule has 6 nitrogen and oxygen atoms in total. The minimum atomic E-state index is -2.64. The Morgan fingerprint density at radius 2 is 2.04 bits per heavy atom. The number of hydrogen-bond acceptors (Lipinski definition) is 3. The molecule has 0 bridgehead atoms. The number of nitrogens with one attached hydrogen (secondary N) is 1. The van der Waals surface area contributed by atoms with Gasteiger partial charge in [0.1, 0.15) is 17.7 Å². The predicted octanol–water partition coefficient (Wildman–Crippen LogP) is 3.57. The Labute approximate surface area is 178 Å². The first kappa shape index (κ1) is 22.5. The van der Waals surface area contributed by atoms with Crippen molar-refractivity contribution in [3.05, 3.63) is 53.9 Å². The van der Waals surface area contributed by atoms with Gasteiger partial charge in [-0.05, 0) is 24.6 Å². The molecular formula is C18H23F3IN5O. The third kappa shape index (κ3) is 5.37. The van der Waals surface area contributed by atoms with Crippen LogP contribution in [0.4, 0.5) is 13.2 Å². The molecule has 10 heteroatoms. The lowest BCUT2D eigenvalue weighted by molar-refractivity contribution is -0.0605. The molecule has 2 aromatic rings. The van der Waals surface area contributed by atoms with Crippen molar-refractivity contribution in [2.45, 2.75) is 32.2 Å². The number of hydrogen-bond donors (Lipinski definition) is 1. The molecule has 1 N–H and O–H groups in total. The molecule has 0 spiro atoms. The minimum Gasteiger partial charge on any atom is -0.367 e. The lowest BCUT2D eigenvalue weighted by Gasteiger charge is -2.38. The molecule has 2 heterocycles. The summed E-state index contributed by atoms with van der Waals surface area (Å²) in [4.78, 5) is 10.2. The molecule has 0 saturated carbocycles. The molecule has 1 aromatic carbocycles. The van der Waals surface area contributed by atoms with E-state index in [-0.39, 0.29) is 54.4 Å². The largest absolute Gasteiger partial charge is 0.367 e. The highest BCUT2D eigenvalue weighted by Gasteiger charge is 2.28. The summed E-state index contributed by atoms with van der Waals surface area (Å²) in [5, 5.41) is 3.08. The molecule has 154 valence electrons. The molecule has 0 radical (unpaired) electrons. The number of morpholine rings is 1. The molecule has 0 amide bonds. The number of nitrogens with zero attached hydrogens (tertiary/aromatic N) is 4. The molecule has 1 aliphatic rings. The van der Waals surface area contributed by atoms with E-state index in [1.165, 1.54) is 24.5 Å². The van der Waals surface area contributed by atoms with Crippen molar-refractivity contribution in [3.8, 4) is 0 Å². The molecule has 1 fully saturated rings. The Kier molecular flexibility index (Phi) is 8.10. The van der Waals surface area contributed by atoms with E-state index < -0.39 is 6.55 Å². The minimum absolute atomic E-state index is 0. The maximum Gasteiger partial charge on any atom is 0.319 e. The van der Waals surface area contributed by atoms with Crippen LogP contribution in [-0.4, -0.2) is 46.7 Å². The Morgan fingerprint density at radius 1 is 1.32 bits per heavy atom. The number of rotatable bonds is 4. The molecule has 2 unspecified atom stereocenters. The Morgan fingerprint density at radius 3 is 2.68 bits per heavy atom. The van der Waals surface area contributed by atoms with E-state index >= 15 is 0 Å². The van der Waals surface area contributed by atoms with E-state index in [2.05, 4.69) is 15.3 Å². The van der Waals surface area contributed by atoms with Crippen molar-refractivity contribution >= 4 is 29.9 Å². The van der Waals surface area contributed by atoms with Gasteiger partial charge in [-0.3, -0.25) is 9.56 Å². The highest BCUT2D eigenvalue weighted by molar-refractivity contribution is 14.0. The lowest BCUT2D eigenvalue weighted by Crippen LogP contribution is -2.50. The van der Waals surface area contributed by atoms with Crippen molar-refractivity contribution in [2.75, 3.05) is 20.1 Å². The van der Waals surface area contributed by atoms with Gasteiger partial charge in [0.25, 0.3) is 0 Å². The van der Waals surface area contributed by atoms with Crippen molar-refractivity contribution < 1.29 is 17.9 Å². The fraction of sp³-hybridized carbons (Fsp3) is 0.444. The van der Waals surface area contributed by atoms with E-state index in [0.29, 0.717) is 19.0 Å². The summed E-state index contributed by atoms with van der Waals surface area (Å²) in [6, 6.07) is 6.21. The van der Waals surface area contributed by atoms with Crippen LogP contribution in [0.2, 0.25) is 0 Å². The number of aromatic nitrogens is 2. The summed E-state index contributed by atoms with van der Waals surface area (Å²) in [5.74, 6) is 0.495. The van der Waals surface area contributed by atoms with Crippen molar-refractivity contribution in [3.63, 3.8) is 0 Å². The molecule has 1 aliphatic heterocycles. The van der Waals surface area contributed by atoms with Crippen molar-refractivity contribution in [1.29, 1.82) is 0 Å². The third-order valence-corrected chi connectivity index (χ3v) is 4.38. The van der Waals surface area contributed by atoms with Crippen LogP contribution in [0.5, 0.6) is 0 Å². The molecule has 1 aromatic heterocycles. The smallest absolute Gasteiger partial charge is 0.319 e. The predicted molar refractivity (Wildman–Crippen MR) is 110 cm³/mol. The standard InChI is InChI=1S/C18H22F3N5O.HI/c1-12-10-25(11-15(27-12)13-3-5-14(19)6-4-13)18(22-2)24-9-16-23-7-8-26(16)17(20)21;/h3-8,12,15,17H,9-11H2,1-2H3,(H,22,24);1H. The Hall–Kier alpha value is -1.82. The van der Waals surface area contributed by atoms with Crippen LogP contribution >= 0.6 is 24.0 Å². The van der Waals surface area contributed by atoms with E-state index in [9.17, 15) is 13.2 Å². The van der Waals surface area contributed by atoms with Gasteiger partial charge < -0.3 is 15.0 Å². The van der Waals surface area contributed by atoms with Gasteiger partial charge in [-0.1, -0.05) is 12.1 Å². The van der Waals surface area contributed by atoms with Gasteiger partial charge in [-0.25, -0.2) is 9.37 Å². The number of halogens is 4. The van der Waals surface area contributed by atoms with Gasteiger partial charge in [-0.15, -0.1) is 24.0 Å². The zero-order valence-electron chi connectivity index (χ0n) is 15.6. The molecule has 1 saturated heterocycles. The fourth-order valence-electron chi connectivity index (χ4n) is 3.13. The van der Waals surface area contributed by atoms with E-state index in [4.69, 9.17) is 4.74 Å². The molecular weight excluding hydrogens is 486 g/mol. The highest BCUT2D eigenvalue weighted by Crippen LogP contribution is 2.25. The van der Waals surface area contributed by atoms with E-state index in [1.807, 2.05) is 11.8 Å². The number of benzene rings is 1. The van der Waals surface area contributed by atoms with Crippen molar-refractivity contribution in [1.82, 2.24) is 19.8 Å². The van der Waals surface area contributed by atoms with Crippen molar-refractivity contribution in [2.24, 2.45) is 4.99 Å². The van der Waals surface area contributed by atoms with Gasteiger partial charge in [0.2, 0.25) is 0 Å². The summed E-state index contributed by atoms with van der Waals surface area (Å²) in [7, 11) is 1.63. The number of imidazole rings is 1. The maximum atomic E-state index is 13.2. The normalized spacial score (nSPS) is 20.2. The van der Waals surface area contributed by atoms with Gasteiger partial charge in [-0.2, -0.15) is 8.78 Å². The van der Waals surface area contributed by atoms with Gasteiger partial charge in [0, 0.05) is 26.0 Å². The number of guanidine groups is 1. The number of ether oxygens (including phenoxy) is 1. The molecule has 3 rings (SSSR count). The zero-order chi connectivity index (χ0) is 19.4. The second-order valence-electron chi connectivity index (χ2n) is 6.32. The maximum absolute atomic E-state index is 13.2. The van der Waals surface area contributed by atoms with Crippen LogP contribution in [0, 0.1) is 5.82 Å². The van der Waals surface area contributed by atoms with Crippen LogP contribution < -0.4 is 5.32 Å².